The number of nitrogens with zero attached hydrogens (tertiary/aromatic N) is 3. The van der Waals surface area contributed by atoms with Gasteiger partial charge in [0.2, 0.25) is 0 Å². The molecule has 150 valence electrons. The third-order valence-corrected chi connectivity index (χ3v) is 4.72. The van der Waals surface area contributed by atoms with Gasteiger partial charge in [0.1, 0.15) is 17.2 Å². The van der Waals surface area contributed by atoms with Crippen molar-refractivity contribution in [1.82, 2.24) is 15.0 Å². The molecule has 0 saturated heterocycles. The van der Waals surface area contributed by atoms with Gasteiger partial charge < -0.3 is 14.6 Å². The summed E-state index contributed by atoms with van der Waals surface area (Å²) in [5, 5.41) is 17.5. The Balaban J connectivity index is 1.61. The molecule has 3 aromatic carbocycles. The SMILES string of the molecule is COc1cc(OC)cc(-c2ccc(-c3cn(-c4cccc(C(=O)O)c4)nn3)cc2)c1. The van der Waals surface area contributed by atoms with Crippen LogP contribution in [-0.4, -0.2) is 40.3 Å². The van der Waals surface area contributed by atoms with Crippen molar-refractivity contribution < 1.29 is 19.4 Å². The van der Waals surface area contributed by atoms with Crippen molar-refractivity contribution in [3.63, 3.8) is 0 Å². The summed E-state index contributed by atoms with van der Waals surface area (Å²) >= 11 is 0. The first-order valence-electron chi connectivity index (χ1n) is 9.17. The van der Waals surface area contributed by atoms with E-state index in [1.807, 2.05) is 42.5 Å². The molecule has 0 saturated carbocycles. The maximum absolute atomic E-state index is 11.2. The molecule has 1 N–H and O–H groups in total. The lowest BCUT2D eigenvalue weighted by molar-refractivity contribution is 0.0697. The van der Waals surface area contributed by atoms with Crippen molar-refractivity contribution in [3.05, 3.63) is 78.5 Å². The smallest absolute Gasteiger partial charge is 0.335 e. The number of ether oxygens (including phenoxy) is 2. The van der Waals surface area contributed by atoms with Crippen LogP contribution in [0.25, 0.3) is 28.1 Å². The molecule has 7 heteroatoms. The molecule has 4 rings (SSSR count). The maximum Gasteiger partial charge on any atom is 0.335 e. The van der Waals surface area contributed by atoms with E-state index in [-0.39, 0.29) is 5.56 Å². The Hall–Kier alpha value is -4.13. The Morgan fingerprint density at radius 1 is 0.867 bits per heavy atom. The van der Waals surface area contributed by atoms with Crippen LogP contribution in [0.1, 0.15) is 10.4 Å². The number of hydrogen-bond donors (Lipinski definition) is 1. The number of carbonyl (C=O) groups is 1. The Kier molecular flexibility index (Phi) is 5.17. The van der Waals surface area contributed by atoms with Gasteiger partial charge in [-0.05, 0) is 41.5 Å². The molecule has 0 radical (unpaired) electrons. The minimum atomic E-state index is -0.984. The molecule has 0 bridgehead atoms. The lowest BCUT2D eigenvalue weighted by atomic mass is 10.0. The summed E-state index contributed by atoms with van der Waals surface area (Å²) in [6.45, 7) is 0. The fourth-order valence-corrected chi connectivity index (χ4v) is 3.11. The van der Waals surface area contributed by atoms with Gasteiger partial charge in [0.25, 0.3) is 0 Å². The Bertz CT molecular complexity index is 1180. The third-order valence-electron chi connectivity index (χ3n) is 4.72. The molecule has 0 unspecified atom stereocenters. The van der Waals surface area contributed by atoms with Crippen LogP contribution in [0.15, 0.2) is 72.9 Å². The molecule has 4 aromatic rings. The zero-order valence-electron chi connectivity index (χ0n) is 16.4. The van der Waals surface area contributed by atoms with Crippen LogP contribution in [0.5, 0.6) is 11.5 Å². The summed E-state index contributed by atoms with van der Waals surface area (Å²) in [4.78, 5) is 11.2. The van der Waals surface area contributed by atoms with Crippen LogP contribution < -0.4 is 9.47 Å². The standard InChI is InChI=1S/C23H19N3O4/c1-29-20-11-18(12-21(13-20)30-2)15-6-8-16(9-7-15)22-14-26(25-24-22)19-5-3-4-17(10-19)23(27)28/h3-14H,1-2H3,(H,27,28). The predicted molar refractivity (Wildman–Crippen MR) is 112 cm³/mol. The highest BCUT2D eigenvalue weighted by Gasteiger charge is 2.09. The lowest BCUT2D eigenvalue weighted by Crippen LogP contribution is -2.00. The molecule has 0 amide bonds. The Morgan fingerprint density at radius 2 is 1.53 bits per heavy atom. The van der Waals surface area contributed by atoms with E-state index in [0.29, 0.717) is 11.4 Å². The van der Waals surface area contributed by atoms with E-state index in [0.717, 1.165) is 28.2 Å². The summed E-state index contributed by atoms with van der Waals surface area (Å²) < 4.78 is 12.2. The number of carboxylic acid groups (broad SMARTS) is 1. The first kappa shape index (κ1) is 19.2. The number of methoxy groups -OCH3 is 2. The number of benzene rings is 3. The highest BCUT2D eigenvalue weighted by atomic mass is 16.5. The maximum atomic E-state index is 11.2. The average Bonchev–Trinajstić information content (AvgIpc) is 3.29. The van der Waals surface area contributed by atoms with Gasteiger partial charge >= 0.3 is 5.97 Å². The van der Waals surface area contributed by atoms with E-state index in [9.17, 15) is 4.79 Å². The van der Waals surface area contributed by atoms with Crippen molar-refractivity contribution in [2.45, 2.75) is 0 Å². The molecule has 0 fully saturated rings. The molecular weight excluding hydrogens is 382 g/mol. The molecule has 7 nitrogen and oxygen atoms in total. The quantitative estimate of drug-likeness (QED) is 0.518. The van der Waals surface area contributed by atoms with Gasteiger partial charge in [-0.3, -0.25) is 0 Å². The zero-order chi connectivity index (χ0) is 21.1. The van der Waals surface area contributed by atoms with Crippen molar-refractivity contribution in [3.8, 4) is 39.6 Å². The molecule has 0 aliphatic carbocycles. The summed E-state index contributed by atoms with van der Waals surface area (Å²) in [6, 6.07) is 20.2. The second-order valence-corrected chi connectivity index (χ2v) is 6.58. The molecule has 0 spiro atoms. The van der Waals surface area contributed by atoms with Crippen LogP contribution >= 0.6 is 0 Å². The van der Waals surface area contributed by atoms with E-state index in [2.05, 4.69) is 10.3 Å². The van der Waals surface area contributed by atoms with E-state index in [1.165, 1.54) is 6.07 Å². The van der Waals surface area contributed by atoms with E-state index in [4.69, 9.17) is 14.6 Å². The fourth-order valence-electron chi connectivity index (χ4n) is 3.11. The largest absolute Gasteiger partial charge is 0.497 e. The van der Waals surface area contributed by atoms with E-state index < -0.39 is 5.97 Å². The minimum absolute atomic E-state index is 0.197. The van der Waals surface area contributed by atoms with Crippen LogP contribution in [0, 0.1) is 0 Å². The van der Waals surface area contributed by atoms with Gasteiger partial charge in [-0.25, -0.2) is 9.48 Å². The van der Waals surface area contributed by atoms with Crippen LogP contribution in [0.2, 0.25) is 0 Å². The summed E-state index contributed by atoms with van der Waals surface area (Å²) in [6.07, 6.45) is 1.77. The van der Waals surface area contributed by atoms with Crippen molar-refractivity contribution in [2.75, 3.05) is 14.2 Å². The van der Waals surface area contributed by atoms with Crippen molar-refractivity contribution in [1.29, 1.82) is 0 Å². The van der Waals surface area contributed by atoms with Gasteiger partial charge in [0.05, 0.1) is 31.7 Å². The third kappa shape index (κ3) is 3.86. The molecule has 0 atom stereocenters. The fraction of sp³-hybridized carbons (Fsp3) is 0.0870. The monoisotopic (exact) mass is 401 g/mol. The van der Waals surface area contributed by atoms with Gasteiger partial charge in [-0.15, -0.1) is 5.10 Å². The number of rotatable bonds is 6. The molecule has 0 aliphatic heterocycles. The van der Waals surface area contributed by atoms with Gasteiger partial charge in [-0.2, -0.15) is 0 Å². The first-order chi connectivity index (χ1) is 14.6. The highest BCUT2D eigenvalue weighted by Crippen LogP contribution is 2.31. The van der Waals surface area contributed by atoms with Crippen LogP contribution in [0.3, 0.4) is 0 Å². The van der Waals surface area contributed by atoms with E-state index in [1.54, 1.807) is 43.3 Å². The second kappa shape index (κ2) is 8.08. The van der Waals surface area contributed by atoms with Gasteiger partial charge in [-0.1, -0.05) is 35.5 Å². The zero-order valence-corrected chi connectivity index (χ0v) is 16.4. The van der Waals surface area contributed by atoms with Crippen molar-refractivity contribution in [2.24, 2.45) is 0 Å². The number of aromatic carboxylic acids is 1. The van der Waals surface area contributed by atoms with E-state index >= 15 is 0 Å². The average molecular weight is 401 g/mol. The molecule has 1 aromatic heterocycles. The molecule has 0 aliphatic rings. The second-order valence-electron chi connectivity index (χ2n) is 6.58. The molecule has 1 heterocycles. The molecular formula is C23H19N3O4. The number of aromatic nitrogens is 3. The lowest BCUT2D eigenvalue weighted by Gasteiger charge is -2.09. The van der Waals surface area contributed by atoms with Crippen LogP contribution in [-0.2, 0) is 0 Å². The summed E-state index contributed by atoms with van der Waals surface area (Å²) in [7, 11) is 3.24. The topological polar surface area (TPSA) is 86.5 Å². The first-order valence-corrected chi connectivity index (χ1v) is 9.17. The molecule has 30 heavy (non-hydrogen) atoms. The Labute approximate surface area is 173 Å². The normalized spacial score (nSPS) is 10.6. The predicted octanol–water partition coefficient (Wildman–Crippen LogP) is 4.32. The van der Waals surface area contributed by atoms with Crippen molar-refractivity contribution >= 4 is 5.97 Å². The summed E-state index contributed by atoms with van der Waals surface area (Å²) in [5.41, 5.74) is 4.40. The van der Waals surface area contributed by atoms with Gasteiger partial charge in [0, 0.05) is 11.6 Å². The Morgan fingerprint density at radius 3 is 2.17 bits per heavy atom. The summed E-state index contributed by atoms with van der Waals surface area (Å²) in [5.74, 6) is 0.460. The number of carboxylic acids is 1. The van der Waals surface area contributed by atoms with Gasteiger partial charge in [0.15, 0.2) is 0 Å². The minimum Gasteiger partial charge on any atom is -0.497 e. The number of hydrogen-bond acceptors (Lipinski definition) is 5. The highest BCUT2D eigenvalue weighted by molar-refractivity contribution is 5.88. The van der Waals surface area contributed by atoms with Crippen LogP contribution in [0.4, 0.5) is 0 Å².